The van der Waals surface area contributed by atoms with Crippen LogP contribution < -0.4 is 25.7 Å². The summed E-state index contributed by atoms with van der Waals surface area (Å²) >= 11 is 19.0. The second kappa shape index (κ2) is 20.0. The Hall–Kier alpha value is -5.10. The van der Waals surface area contributed by atoms with Gasteiger partial charge in [0.15, 0.2) is 18.1 Å². The predicted octanol–water partition coefficient (Wildman–Crippen LogP) is 11.3. The third-order valence-corrected chi connectivity index (χ3v) is 9.45. The summed E-state index contributed by atoms with van der Waals surface area (Å²) in [5.74, 6) is 0.238. The number of hydrogen-bond donors (Lipinski definition) is 3. The molecule has 0 fully saturated rings. The number of aromatic amines is 1. The van der Waals surface area contributed by atoms with Crippen molar-refractivity contribution in [1.29, 1.82) is 0 Å². The lowest BCUT2D eigenvalue weighted by Gasteiger charge is -2.14. The molecule has 0 bridgehead atoms. The molecule has 0 spiro atoms. The zero-order valence-corrected chi connectivity index (χ0v) is 33.2. The SMILES string of the molecule is CCCCCc1ccc(OCC(=O)Nc2cccc(C(=O)Nc3[nH]n(-c4c(Cl)cc(Cl)cc4Cl)c(=O)c3N=Nc3ccc(OC)cc3)c2)c(CCCCC)c1. The van der Waals surface area contributed by atoms with E-state index in [1.165, 1.54) is 36.6 Å². The fraction of sp³-hybridized carbons (Fsp3) is 0.293. The van der Waals surface area contributed by atoms with Crippen LogP contribution in [0.1, 0.15) is 73.9 Å². The number of aryl methyl sites for hydroxylation is 2. The highest BCUT2D eigenvalue weighted by Crippen LogP contribution is 2.33. The highest BCUT2D eigenvalue weighted by Gasteiger charge is 2.22. The number of rotatable bonds is 18. The van der Waals surface area contributed by atoms with Crippen molar-refractivity contribution in [2.24, 2.45) is 10.2 Å². The summed E-state index contributed by atoms with van der Waals surface area (Å²) in [6, 6.07) is 22.1. The lowest BCUT2D eigenvalue weighted by molar-refractivity contribution is -0.118. The van der Waals surface area contributed by atoms with E-state index in [1.807, 2.05) is 6.07 Å². The van der Waals surface area contributed by atoms with Crippen molar-refractivity contribution >= 4 is 69.5 Å². The number of nitrogens with one attached hydrogen (secondary N) is 3. The quantitative estimate of drug-likeness (QED) is 0.0598. The van der Waals surface area contributed by atoms with Gasteiger partial charge in [0.1, 0.15) is 17.2 Å². The number of anilines is 2. The van der Waals surface area contributed by atoms with Gasteiger partial charge in [-0.25, -0.2) is 4.68 Å². The molecule has 0 atom stereocenters. The normalized spacial score (nSPS) is 11.2. The molecule has 0 saturated heterocycles. The molecule has 4 aromatic carbocycles. The van der Waals surface area contributed by atoms with Gasteiger partial charge in [0.05, 0.1) is 22.8 Å². The highest BCUT2D eigenvalue weighted by molar-refractivity contribution is 6.40. The Morgan fingerprint density at radius 1 is 0.818 bits per heavy atom. The van der Waals surface area contributed by atoms with Crippen molar-refractivity contribution in [1.82, 2.24) is 9.78 Å². The molecule has 14 heteroatoms. The van der Waals surface area contributed by atoms with Gasteiger partial charge in [-0.3, -0.25) is 19.5 Å². The van der Waals surface area contributed by atoms with Crippen LogP contribution in [-0.2, 0) is 17.6 Å². The van der Waals surface area contributed by atoms with Crippen molar-refractivity contribution in [3.63, 3.8) is 0 Å². The van der Waals surface area contributed by atoms with Gasteiger partial charge in [-0.15, -0.1) is 5.11 Å². The Balaban J connectivity index is 1.33. The molecule has 5 rings (SSSR count). The molecule has 11 nitrogen and oxygen atoms in total. The Bertz CT molecular complexity index is 2180. The van der Waals surface area contributed by atoms with Gasteiger partial charge < -0.3 is 20.1 Å². The topological polar surface area (TPSA) is 139 Å². The summed E-state index contributed by atoms with van der Waals surface area (Å²) < 4.78 is 12.3. The average molecular weight is 806 g/mol. The molecule has 0 radical (unpaired) electrons. The number of amides is 2. The van der Waals surface area contributed by atoms with Crippen molar-refractivity contribution in [2.45, 2.75) is 65.2 Å². The van der Waals surface area contributed by atoms with Gasteiger partial charge in [-0.1, -0.05) is 92.5 Å². The summed E-state index contributed by atoms with van der Waals surface area (Å²) in [6.07, 6.45) is 8.65. The van der Waals surface area contributed by atoms with E-state index in [4.69, 9.17) is 44.3 Å². The largest absolute Gasteiger partial charge is 0.497 e. The number of halogens is 3. The lowest BCUT2D eigenvalue weighted by atomic mass is 10.0. The third-order valence-electron chi connectivity index (χ3n) is 8.66. The van der Waals surface area contributed by atoms with Gasteiger partial charge in [-0.05, 0) is 97.5 Å². The molecule has 1 heterocycles. The number of methoxy groups -OCH3 is 1. The third kappa shape index (κ3) is 11.2. The maximum absolute atomic E-state index is 13.7. The first-order chi connectivity index (χ1) is 26.6. The second-order valence-electron chi connectivity index (χ2n) is 12.8. The van der Waals surface area contributed by atoms with E-state index >= 15 is 0 Å². The Labute approximate surface area is 335 Å². The molecule has 2 amide bonds. The molecule has 5 aromatic rings. The highest BCUT2D eigenvalue weighted by atomic mass is 35.5. The first kappa shape index (κ1) is 41.1. The zero-order valence-electron chi connectivity index (χ0n) is 30.9. The molecule has 0 aliphatic heterocycles. The molecular weight excluding hydrogens is 763 g/mol. The number of ether oxygens (including phenoxy) is 2. The van der Waals surface area contributed by atoms with E-state index < -0.39 is 11.5 Å². The van der Waals surface area contributed by atoms with E-state index in [0.717, 1.165) is 48.8 Å². The maximum Gasteiger partial charge on any atom is 0.301 e. The summed E-state index contributed by atoms with van der Waals surface area (Å²) in [4.78, 5) is 40.4. The van der Waals surface area contributed by atoms with Crippen molar-refractivity contribution in [3.8, 4) is 17.2 Å². The van der Waals surface area contributed by atoms with E-state index in [9.17, 15) is 14.4 Å². The molecule has 3 N–H and O–H groups in total. The number of benzene rings is 4. The molecule has 0 aliphatic rings. The van der Waals surface area contributed by atoms with Crippen molar-refractivity contribution < 1.29 is 19.1 Å². The lowest BCUT2D eigenvalue weighted by Crippen LogP contribution is -2.21. The minimum absolute atomic E-state index is 0.0803. The van der Waals surface area contributed by atoms with E-state index in [0.29, 0.717) is 22.9 Å². The minimum Gasteiger partial charge on any atom is -0.497 e. The average Bonchev–Trinajstić information content (AvgIpc) is 3.46. The first-order valence-electron chi connectivity index (χ1n) is 18.1. The van der Waals surface area contributed by atoms with Crippen LogP contribution in [0.4, 0.5) is 22.9 Å². The summed E-state index contributed by atoms with van der Waals surface area (Å²) in [5.41, 5.74) is 2.54. The van der Waals surface area contributed by atoms with E-state index in [1.54, 1.807) is 49.6 Å². The Morgan fingerprint density at radius 2 is 1.53 bits per heavy atom. The van der Waals surface area contributed by atoms with Crippen LogP contribution in [0.5, 0.6) is 11.5 Å². The zero-order chi connectivity index (χ0) is 39.3. The van der Waals surface area contributed by atoms with Crippen LogP contribution >= 0.6 is 34.8 Å². The van der Waals surface area contributed by atoms with Gasteiger partial charge in [-0.2, -0.15) is 5.11 Å². The van der Waals surface area contributed by atoms with E-state index in [2.05, 4.69) is 51.9 Å². The Kier molecular flexibility index (Phi) is 14.9. The molecule has 288 valence electrons. The van der Waals surface area contributed by atoms with Crippen LogP contribution in [-0.4, -0.2) is 35.3 Å². The summed E-state index contributed by atoms with van der Waals surface area (Å²) in [7, 11) is 1.54. The van der Waals surface area contributed by atoms with Gasteiger partial charge in [0, 0.05) is 16.3 Å². The van der Waals surface area contributed by atoms with Gasteiger partial charge >= 0.3 is 5.56 Å². The number of hydrogen-bond acceptors (Lipinski definition) is 7. The number of H-pyrrole nitrogens is 1. The Morgan fingerprint density at radius 3 is 2.22 bits per heavy atom. The van der Waals surface area contributed by atoms with Crippen LogP contribution in [0, 0.1) is 0 Å². The fourth-order valence-electron chi connectivity index (χ4n) is 5.80. The van der Waals surface area contributed by atoms with Gasteiger partial charge in [0.2, 0.25) is 0 Å². The number of unbranched alkanes of at least 4 members (excludes halogenated alkanes) is 4. The molecule has 55 heavy (non-hydrogen) atoms. The van der Waals surface area contributed by atoms with Crippen LogP contribution in [0.15, 0.2) is 93.9 Å². The standard InChI is InChI=1S/C41H43Cl3N6O5/c1-4-6-8-11-26-15-20-35(27(21-26)12-9-7-5-2)55-25-36(51)45-31-14-10-13-28(22-31)40(52)46-39-37(48-47-30-16-18-32(54-3)19-17-30)41(53)50(49-39)38-33(43)23-29(42)24-34(38)44/h10,13-24,49H,4-9,11-12,25H2,1-3H3,(H,45,51)(H,46,52). The summed E-state index contributed by atoms with van der Waals surface area (Å²) in [5, 5.41) is 17.1. The van der Waals surface area contributed by atoms with Crippen LogP contribution in [0.3, 0.4) is 0 Å². The number of aromatic nitrogens is 2. The predicted molar refractivity (Wildman–Crippen MR) is 220 cm³/mol. The number of nitrogens with zero attached hydrogens (tertiary/aromatic N) is 3. The van der Waals surface area contributed by atoms with Crippen LogP contribution in [0.2, 0.25) is 15.1 Å². The smallest absolute Gasteiger partial charge is 0.301 e. The van der Waals surface area contributed by atoms with Crippen molar-refractivity contribution in [2.75, 3.05) is 24.4 Å². The number of carbonyl (C=O) groups excluding carboxylic acids is 2. The molecule has 0 saturated carbocycles. The summed E-state index contributed by atoms with van der Waals surface area (Å²) in [6.45, 7) is 4.15. The first-order valence-corrected chi connectivity index (χ1v) is 19.2. The minimum atomic E-state index is -0.695. The second-order valence-corrected chi connectivity index (χ2v) is 14.1. The molecule has 1 aromatic heterocycles. The van der Waals surface area contributed by atoms with Crippen molar-refractivity contribution in [3.05, 3.63) is 121 Å². The number of azo groups is 1. The fourth-order valence-corrected chi connectivity index (χ4v) is 6.79. The molecule has 0 aliphatic carbocycles. The maximum atomic E-state index is 13.7. The van der Waals surface area contributed by atoms with Crippen LogP contribution in [0.25, 0.3) is 5.69 Å². The number of carbonyl (C=O) groups is 2. The monoisotopic (exact) mass is 804 g/mol. The van der Waals surface area contributed by atoms with Gasteiger partial charge in [0.25, 0.3) is 11.8 Å². The molecule has 0 unspecified atom stereocenters. The molecular formula is C41H43Cl3N6O5. The van der Waals surface area contributed by atoms with E-state index in [-0.39, 0.29) is 50.3 Å².